The molecule has 3 aromatic rings. The second kappa shape index (κ2) is 5.96. The van der Waals surface area contributed by atoms with E-state index in [1.807, 2.05) is 6.92 Å². The molecule has 0 fully saturated rings. The molecular formula is C17H15ClN2O3S. The first-order valence-electron chi connectivity index (χ1n) is 7.20. The number of hydrogen-bond donors (Lipinski definition) is 2. The van der Waals surface area contributed by atoms with Crippen molar-refractivity contribution in [2.75, 3.05) is 4.72 Å². The van der Waals surface area contributed by atoms with E-state index in [2.05, 4.69) is 9.71 Å². The molecule has 1 aromatic heterocycles. The zero-order valence-electron chi connectivity index (χ0n) is 13.1. The van der Waals surface area contributed by atoms with Crippen LogP contribution in [0.25, 0.3) is 10.9 Å². The second-order valence-corrected chi connectivity index (χ2v) is 7.57. The SMILES string of the molecule is Cc1ccc(NS(=O)(=O)c2c(C)[nH]c3ccccc3c2=O)c(Cl)c1. The molecule has 2 aromatic carbocycles. The van der Waals surface area contributed by atoms with Crippen LogP contribution in [0.2, 0.25) is 5.02 Å². The Bertz CT molecular complexity index is 1100. The quantitative estimate of drug-likeness (QED) is 0.747. The van der Waals surface area contributed by atoms with E-state index < -0.39 is 15.5 Å². The Morgan fingerprint density at radius 1 is 1.08 bits per heavy atom. The summed E-state index contributed by atoms with van der Waals surface area (Å²) >= 11 is 6.08. The first kappa shape index (κ1) is 16.5. The van der Waals surface area contributed by atoms with E-state index in [9.17, 15) is 13.2 Å². The first-order chi connectivity index (χ1) is 11.3. The Balaban J connectivity index is 2.17. The average molecular weight is 363 g/mol. The lowest BCUT2D eigenvalue weighted by atomic mass is 10.2. The Kier molecular flexibility index (Phi) is 4.11. The molecule has 0 bridgehead atoms. The van der Waals surface area contributed by atoms with Gasteiger partial charge in [0.1, 0.15) is 0 Å². The van der Waals surface area contributed by atoms with Crippen LogP contribution in [0.15, 0.2) is 52.2 Å². The average Bonchev–Trinajstić information content (AvgIpc) is 2.50. The zero-order valence-corrected chi connectivity index (χ0v) is 14.6. The van der Waals surface area contributed by atoms with Crippen LogP contribution in [0.4, 0.5) is 5.69 Å². The molecule has 2 N–H and O–H groups in total. The van der Waals surface area contributed by atoms with Crippen LogP contribution < -0.4 is 10.2 Å². The monoisotopic (exact) mass is 362 g/mol. The van der Waals surface area contributed by atoms with E-state index in [0.29, 0.717) is 10.9 Å². The number of nitrogens with one attached hydrogen (secondary N) is 2. The molecule has 0 saturated carbocycles. The topological polar surface area (TPSA) is 79.0 Å². The number of benzene rings is 2. The molecule has 0 amide bonds. The summed E-state index contributed by atoms with van der Waals surface area (Å²) < 4.78 is 27.9. The van der Waals surface area contributed by atoms with Gasteiger partial charge in [0, 0.05) is 16.6 Å². The third-order valence-electron chi connectivity index (χ3n) is 3.68. The van der Waals surface area contributed by atoms with E-state index in [1.54, 1.807) is 49.4 Å². The van der Waals surface area contributed by atoms with Crippen LogP contribution in [-0.4, -0.2) is 13.4 Å². The Morgan fingerprint density at radius 3 is 2.50 bits per heavy atom. The highest BCUT2D eigenvalue weighted by atomic mass is 35.5. The van der Waals surface area contributed by atoms with Gasteiger partial charge in [0.25, 0.3) is 10.0 Å². The maximum atomic E-state index is 12.7. The number of H-pyrrole nitrogens is 1. The molecule has 0 radical (unpaired) electrons. The van der Waals surface area contributed by atoms with E-state index in [1.165, 1.54) is 0 Å². The van der Waals surface area contributed by atoms with Gasteiger partial charge in [-0.2, -0.15) is 0 Å². The van der Waals surface area contributed by atoms with Gasteiger partial charge in [0.15, 0.2) is 4.90 Å². The fraction of sp³-hybridized carbons (Fsp3) is 0.118. The van der Waals surface area contributed by atoms with Gasteiger partial charge in [-0.05, 0) is 43.7 Å². The number of aromatic amines is 1. The number of rotatable bonds is 3. The predicted octanol–water partition coefficient (Wildman–Crippen LogP) is 3.60. The van der Waals surface area contributed by atoms with Gasteiger partial charge < -0.3 is 4.98 Å². The van der Waals surface area contributed by atoms with Crippen LogP contribution in [0.5, 0.6) is 0 Å². The fourth-order valence-electron chi connectivity index (χ4n) is 2.56. The van der Waals surface area contributed by atoms with Crippen molar-refractivity contribution in [3.8, 4) is 0 Å². The molecule has 1 heterocycles. The van der Waals surface area contributed by atoms with Gasteiger partial charge in [-0.3, -0.25) is 9.52 Å². The van der Waals surface area contributed by atoms with E-state index in [0.717, 1.165) is 5.56 Å². The molecule has 5 nitrogen and oxygen atoms in total. The van der Waals surface area contributed by atoms with Crippen LogP contribution in [0, 0.1) is 13.8 Å². The van der Waals surface area contributed by atoms with Crippen molar-refractivity contribution in [3.05, 3.63) is 69.0 Å². The van der Waals surface area contributed by atoms with Crippen LogP contribution in [0.1, 0.15) is 11.3 Å². The molecule has 3 rings (SSSR count). The van der Waals surface area contributed by atoms with Crippen LogP contribution in [0.3, 0.4) is 0 Å². The summed E-state index contributed by atoms with van der Waals surface area (Å²) in [6, 6.07) is 11.7. The fourth-order valence-corrected chi connectivity index (χ4v) is 4.28. The molecule has 0 unspecified atom stereocenters. The number of hydrogen-bond acceptors (Lipinski definition) is 3. The van der Waals surface area contributed by atoms with E-state index in [-0.39, 0.29) is 21.3 Å². The maximum absolute atomic E-state index is 12.7. The van der Waals surface area contributed by atoms with Crippen molar-refractivity contribution in [2.24, 2.45) is 0 Å². The molecule has 0 saturated heterocycles. The Labute approximate surface area is 144 Å². The van der Waals surface area contributed by atoms with E-state index in [4.69, 9.17) is 11.6 Å². The Hall–Kier alpha value is -2.31. The number of aromatic nitrogens is 1. The van der Waals surface area contributed by atoms with Crippen LogP contribution >= 0.6 is 11.6 Å². The molecule has 0 spiro atoms. The third-order valence-corrected chi connectivity index (χ3v) is 5.51. The number of para-hydroxylation sites is 1. The second-order valence-electron chi connectivity index (χ2n) is 5.54. The highest BCUT2D eigenvalue weighted by molar-refractivity contribution is 7.92. The largest absolute Gasteiger partial charge is 0.357 e. The molecular weight excluding hydrogens is 348 g/mol. The van der Waals surface area contributed by atoms with Crippen molar-refractivity contribution in [3.63, 3.8) is 0 Å². The van der Waals surface area contributed by atoms with Gasteiger partial charge in [-0.1, -0.05) is 29.8 Å². The Morgan fingerprint density at radius 2 is 1.79 bits per heavy atom. The van der Waals surface area contributed by atoms with Gasteiger partial charge >= 0.3 is 0 Å². The molecule has 0 aliphatic rings. The van der Waals surface area contributed by atoms with Crippen molar-refractivity contribution >= 4 is 38.2 Å². The summed E-state index contributed by atoms with van der Waals surface area (Å²) in [5, 5.41) is 0.590. The maximum Gasteiger partial charge on any atom is 0.267 e. The number of aryl methyl sites for hydroxylation is 2. The molecule has 0 aliphatic carbocycles. The smallest absolute Gasteiger partial charge is 0.267 e. The highest BCUT2D eigenvalue weighted by Crippen LogP contribution is 2.26. The van der Waals surface area contributed by atoms with Gasteiger partial charge in [-0.25, -0.2) is 8.42 Å². The molecule has 124 valence electrons. The summed E-state index contributed by atoms with van der Waals surface area (Å²) in [4.78, 5) is 15.3. The summed E-state index contributed by atoms with van der Waals surface area (Å²) in [7, 11) is -4.08. The third kappa shape index (κ3) is 2.90. The van der Waals surface area contributed by atoms with Gasteiger partial charge in [0.2, 0.25) is 5.43 Å². The summed E-state index contributed by atoms with van der Waals surface area (Å²) in [5.41, 5.74) is 1.45. The van der Waals surface area contributed by atoms with Gasteiger partial charge in [-0.15, -0.1) is 0 Å². The molecule has 24 heavy (non-hydrogen) atoms. The van der Waals surface area contributed by atoms with E-state index >= 15 is 0 Å². The van der Waals surface area contributed by atoms with Crippen molar-refractivity contribution < 1.29 is 8.42 Å². The summed E-state index contributed by atoms with van der Waals surface area (Å²) in [6.45, 7) is 3.40. The minimum atomic E-state index is -4.08. The van der Waals surface area contributed by atoms with Crippen molar-refractivity contribution in [1.29, 1.82) is 0 Å². The summed E-state index contributed by atoms with van der Waals surface area (Å²) in [6.07, 6.45) is 0. The number of pyridine rings is 1. The standard InChI is InChI=1S/C17H15ClN2O3S/c1-10-7-8-15(13(18)9-10)20-24(22,23)17-11(2)19-14-6-4-3-5-12(14)16(17)21/h3-9,20H,1-2H3,(H,19,21). The number of fused-ring (bicyclic) bond motifs is 1. The molecule has 0 atom stereocenters. The number of anilines is 1. The number of halogens is 1. The minimum absolute atomic E-state index is 0.231. The lowest BCUT2D eigenvalue weighted by Gasteiger charge is -2.12. The van der Waals surface area contributed by atoms with Gasteiger partial charge in [0.05, 0.1) is 10.7 Å². The van der Waals surface area contributed by atoms with Crippen LogP contribution in [-0.2, 0) is 10.0 Å². The minimum Gasteiger partial charge on any atom is -0.357 e. The molecule has 7 heteroatoms. The zero-order chi connectivity index (χ0) is 17.5. The normalized spacial score (nSPS) is 11.6. The molecule has 0 aliphatic heterocycles. The van der Waals surface area contributed by atoms with Crippen molar-refractivity contribution in [1.82, 2.24) is 4.98 Å². The predicted molar refractivity (Wildman–Crippen MR) is 96.3 cm³/mol. The summed E-state index contributed by atoms with van der Waals surface area (Å²) in [5.74, 6) is 0. The van der Waals surface area contributed by atoms with Crippen molar-refractivity contribution in [2.45, 2.75) is 18.7 Å². The lowest BCUT2D eigenvalue weighted by Crippen LogP contribution is -2.24. The number of sulfonamides is 1. The lowest BCUT2D eigenvalue weighted by molar-refractivity contribution is 0.599. The first-order valence-corrected chi connectivity index (χ1v) is 9.06. The highest BCUT2D eigenvalue weighted by Gasteiger charge is 2.23.